The first-order valence-corrected chi connectivity index (χ1v) is 5.21. The molecule has 0 atom stereocenters. The highest BCUT2D eigenvalue weighted by Crippen LogP contribution is 2.23. The zero-order valence-electron chi connectivity index (χ0n) is 9.23. The molecule has 0 fully saturated rings. The van der Waals surface area contributed by atoms with E-state index in [9.17, 15) is 0 Å². The van der Waals surface area contributed by atoms with Crippen LogP contribution in [0, 0.1) is 0 Å². The third kappa shape index (κ3) is 2.23. The van der Waals surface area contributed by atoms with E-state index in [0.717, 1.165) is 22.4 Å². The molecule has 0 saturated carbocycles. The van der Waals surface area contributed by atoms with Gasteiger partial charge in [0.1, 0.15) is 5.75 Å². The Balaban J connectivity index is 2.34. The molecule has 0 saturated heterocycles. The van der Waals surface area contributed by atoms with Crippen LogP contribution in [0.25, 0.3) is 11.1 Å². The van der Waals surface area contributed by atoms with E-state index in [-0.39, 0.29) is 0 Å². The van der Waals surface area contributed by atoms with Gasteiger partial charge in [0.05, 0.1) is 7.11 Å². The number of nitrogens with one attached hydrogen (secondary N) is 1. The summed E-state index contributed by atoms with van der Waals surface area (Å²) in [5.74, 6) is 0.863. The molecule has 81 valence electrons. The Morgan fingerprint density at radius 2 is 1.75 bits per heavy atom. The Hall–Kier alpha value is -1.80. The third-order valence-electron chi connectivity index (χ3n) is 2.56. The van der Waals surface area contributed by atoms with Crippen molar-refractivity contribution in [3.63, 3.8) is 0 Å². The monoisotopic (exact) mass is 212 g/mol. The molecule has 2 heteroatoms. The first-order valence-electron chi connectivity index (χ1n) is 5.21. The molecule has 0 heterocycles. The Kier molecular flexibility index (Phi) is 3.22. The van der Waals surface area contributed by atoms with Gasteiger partial charge in [-0.1, -0.05) is 36.4 Å². The summed E-state index contributed by atoms with van der Waals surface area (Å²) in [4.78, 5) is 0. The summed E-state index contributed by atoms with van der Waals surface area (Å²) >= 11 is 0. The SMILES string of the molecule is COc1cccc(-c2ccc(C[NH])cc2)c1. The minimum Gasteiger partial charge on any atom is -0.497 e. The summed E-state index contributed by atoms with van der Waals surface area (Å²) in [6.07, 6.45) is 0. The molecular weight excluding hydrogens is 198 g/mol. The molecule has 1 radical (unpaired) electrons. The first-order chi connectivity index (χ1) is 7.83. The van der Waals surface area contributed by atoms with E-state index in [4.69, 9.17) is 10.5 Å². The molecule has 0 aromatic heterocycles. The standard InChI is InChI=1S/C14H14NO/c1-16-14-4-2-3-13(9-14)12-7-5-11(10-15)6-8-12/h2-9,15H,10H2,1H3. The van der Waals surface area contributed by atoms with E-state index in [0.29, 0.717) is 6.54 Å². The Bertz CT molecular complexity index is 462. The lowest BCUT2D eigenvalue weighted by Crippen LogP contribution is -1.86. The summed E-state index contributed by atoms with van der Waals surface area (Å²) in [6.45, 7) is 0.332. The average Bonchev–Trinajstić information content (AvgIpc) is 2.39. The Morgan fingerprint density at radius 1 is 1.00 bits per heavy atom. The second kappa shape index (κ2) is 4.81. The fourth-order valence-electron chi connectivity index (χ4n) is 1.62. The van der Waals surface area contributed by atoms with Crippen LogP contribution >= 0.6 is 0 Å². The normalized spacial score (nSPS) is 10.1. The van der Waals surface area contributed by atoms with Gasteiger partial charge in [0, 0.05) is 6.54 Å². The molecule has 0 aliphatic heterocycles. The number of ether oxygens (including phenoxy) is 1. The second-order valence-corrected chi connectivity index (χ2v) is 3.61. The molecule has 0 aliphatic carbocycles. The number of benzene rings is 2. The minimum atomic E-state index is 0.332. The van der Waals surface area contributed by atoms with Crippen LogP contribution in [0.1, 0.15) is 5.56 Å². The van der Waals surface area contributed by atoms with Gasteiger partial charge in [-0.3, -0.25) is 5.73 Å². The summed E-state index contributed by atoms with van der Waals surface area (Å²) < 4.78 is 5.19. The smallest absolute Gasteiger partial charge is 0.119 e. The topological polar surface area (TPSA) is 33.0 Å². The van der Waals surface area contributed by atoms with Gasteiger partial charge < -0.3 is 4.74 Å². The van der Waals surface area contributed by atoms with Gasteiger partial charge in [0.2, 0.25) is 0 Å². The molecule has 16 heavy (non-hydrogen) atoms. The van der Waals surface area contributed by atoms with Gasteiger partial charge in [-0.05, 0) is 28.8 Å². The van der Waals surface area contributed by atoms with Crippen LogP contribution in [0.4, 0.5) is 0 Å². The van der Waals surface area contributed by atoms with Crippen LogP contribution in [0.2, 0.25) is 0 Å². The summed E-state index contributed by atoms with van der Waals surface area (Å²) in [5, 5.41) is 0. The number of methoxy groups -OCH3 is 1. The fraction of sp³-hybridized carbons (Fsp3) is 0.143. The second-order valence-electron chi connectivity index (χ2n) is 3.61. The average molecular weight is 212 g/mol. The van der Waals surface area contributed by atoms with Gasteiger partial charge in [-0.2, -0.15) is 0 Å². The highest BCUT2D eigenvalue weighted by molar-refractivity contribution is 5.65. The van der Waals surface area contributed by atoms with Crippen molar-refractivity contribution in [2.45, 2.75) is 6.54 Å². The Labute approximate surface area is 95.7 Å². The van der Waals surface area contributed by atoms with E-state index in [2.05, 4.69) is 6.07 Å². The van der Waals surface area contributed by atoms with Gasteiger partial charge in [0.25, 0.3) is 0 Å². The van der Waals surface area contributed by atoms with Crippen LogP contribution in [-0.4, -0.2) is 7.11 Å². The van der Waals surface area contributed by atoms with Gasteiger partial charge in [-0.25, -0.2) is 0 Å². The Morgan fingerprint density at radius 3 is 2.38 bits per heavy atom. The van der Waals surface area contributed by atoms with Gasteiger partial charge in [-0.15, -0.1) is 0 Å². The molecule has 1 N–H and O–H groups in total. The van der Waals surface area contributed by atoms with Crippen LogP contribution in [-0.2, 0) is 6.54 Å². The van der Waals surface area contributed by atoms with Crippen LogP contribution in [0.5, 0.6) is 5.75 Å². The number of hydrogen-bond acceptors (Lipinski definition) is 1. The van der Waals surface area contributed by atoms with Crippen LogP contribution in [0.3, 0.4) is 0 Å². The molecule has 2 rings (SSSR count). The number of hydrogen-bond donors (Lipinski definition) is 0. The van der Waals surface area contributed by atoms with Crippen molar-refractivity contribution >= 4 is 0 Å². The van der Waals surface area contributed by atoms with Crippen molar-refractivity contribution < 1.29 is 4.74 Å². The highest BCUT2D eigenvalue weighted by Gasteiger charge is 1.99. The third-order valence-corrected chi connectivity index (χ3v) is 2.56. The predicted molar refractivity (Wildman–Crippen MR) is 65.2 cm³/mol. The van der Waals surface area contributed by atoms with Crippen molar-refractivity contribution in [1.29, 1.82) is 0 Å². The summed E-state index contributed by atoms with van der Waals surface area (Å²) in [5.41, 5.74) is 10.6. The lowest BCUT2D eigenvalue weighted by atomic mass is 10.0. The molecular formula is C14H14NO. The van der Waals surface area contributed by atoms with Crippen molar-refractivity contribution in [2.24, 2.45) is 0 Å². The molecule has 2 aromatic carbocycles. The number of rotatable bonds is 3. The quantitative estimate of drug-likeness (QED) is 0.769. The maximum absolute atomic E-state index is 7.26. The van der Waals surface area contributed by atoms with E-state index >= 15 is 0 Å². The van der Waals surface area contributed by atoms with Crippen LogP contribution < -0.4 is 10.5 Å². The van der Waals surface area contributed by atoms with Gasteiger partial charge in [0.15, 0.2) is 0 Å². The molecule has 2 aromatic rings. The van der Waals surface area contributed by atoms with Crippen molar-refractivity contribution in [2.75, 3.05) is 7.11 Å². The summed E-state index contributed by atoms with van der Waals surface area (Å²) in [7, 11) is 1.67. The van der Waals surface area contributed by atoms with E-state index in [1.165, 1.54) is 0 Å². The largest absolute Gasteiger partial charge is 0.497 e. The maximum Gasteiger partial charge on any atom is 0.119 e. The van der Waals surface area contributed by atoms with E-state index in [1.54, 1.807) is 7.11 Å². The van der Waals surface area contributed by atoms with E-state index in [1.807, 2.05) is 42.5 Å². The lowest BCUT2D eigenvalue weighted by Gasteiger charge is -2.05. The molecule has 0 bridgehead atoms. The minimum absolute atomic E-state index is 0.332. The molecule has 0 unspecified atom stereocenters. The van der Waals surface area contributed by atoms with Crippen LogP contribution in [0.15, 0.2) is 48.5 Å². The molecule has 0 aliphatic rings. The maximum atomic E-state index is 7.26. The lowest BCUT2D eigenvalue weighted by molar-refractivity contribution is 0.415. The zero-order chi connectivity index (χ0) is 11.4. The zero-order valence-corrected chi connectivity index (χ0v) is 9.23. The van der Waals surface area contributed by atoms with E-state index < -0.39 is 0 Å². The molecule has 2 nitrogen and oxygen atoms in total. The first kappa shape index (κ1) is 10.7. The van der Waals surface area contributed by atoms with Crippen molar-refractivity contribution in [3.8, 4) is 16.9 Å². The highest BCUT2D eigenvalue weighted by atomic mass is 16.5. The van der Waals surface area contributed by atoms with Crippen molar-refractivity contribution in [3.05, 3.63) is 54.1 Å². The van der Waals surface area contributed by atoms with Gasteiger partial charge >= 0.3 is 0 Å². The molecule has 0 spiro atoms. The predicted octanol–water partition coefficient (Wildman–Crippen LogP) is 3.15. The fourth-order valence-corrected chi connectivity index (χ4v) is 1.62. The van der Waals surface area contributed by atoms with Crippen molar-refractivity contribution in [1.82, 2.24) is 5.73 Å². The molecule has 0 amide bonds. The summed E-state index contributed by atoms with van der Waals surface area (Å²) in [6, 6.07) is 16.0.